The monoisotopic (exact) mass is 238 g/mol. The first kappa shape index (κ1) is 13.5. The Morgan fingerprint density at radius 1 is 1.24 bits per heavy atom. The summed E-state index contributed by atoms with van der Waals surface area (Å²) in [4.78, 5) is 11.3. The van der Waals surface area contributed by atoms with E-state index in [4.69, 9.17) is 9.47 Å². The fourth-order valence-electron chi connectivity index (χ4n) is 1.50. The van der Waals surface area contributed by atoms with Crippen LogP contribution in [0.4, 0.5) is 0 Å². The minimum atomic E-state index is -0.557. The van der Waals surface area contributed by atoms with E-state index in [2.05, 4.69) is 4.74 Å². The van der Waals surface area contributed by atoms with E-state index >= 15 is 0 Å². The summed E-state index contributed by atoms with van der Waals surface area (Å²) in [6, 6.07) is 7.59. The summed E-state index contributed by atoms with van der Waals surface area (Å²) in [5.74, 6) is 0.463. The lowest BCUT2D eigenvalue weighted by molar-refractivity contribution is -0.152. The van der Waals surface area contributed by atoms with E-state index in [1.54, 1.807) is 0 Å². The number of hydrogen-bond donors (Lipinski definition) is 0. The van der Waals surface area contributed by atoms with Crippen molar-refractivity contribution in [3.8, 4) is 5.75 Å². The molecule has 1 rings (SSSR count). The summed E-state index contributed by atoms with van der Waals surface area (Å²) in [5.41, 5.74) is 1.01. The molecule has 0 spiro atoms. The summed E-state index contributed by atoms with van der Waals surface area (Å²) in [6.07, 6.45) is -0.0618. The molecule has 0 N–H and O–H groups in total. The average molecular weight is 238 g/mol. The first-order valence-electron chi connectivity index (χ1n) is 5.53. The highest BCUT2D eigenvalue weighted by Gasteiger charge is 2.18. The number of methoxy groups -OCH3 is 2. The third-order valence-corrected chi connectivity index (χ3v) is 2.40. The van der Waals surface area contributed by atoms with Gasteiger partial charge in [-0.1, -0.05) is 12.1 Å². The first-order chi connectivity index (χ1) is 8.21. The fourth-order valence-corrected chi connectivity index (χ4v) is 1.50. The molecule has 0 fully saturated rings. The fraction of sp³-hybridized carbons (Fsp3) is 0.462. The maximum Gasteiger partial charge on any atom is 0.335 e. The molecule has 4 heteroatoms. The Labute approximate surface area is 101 Å². The third-order valence-electron chi connectivity index (χ3n) is 2.40. The third kappa shape index (κ3) is 4.07. The van der Waals surface area contributed by atoms with E-state index in [0.717, 1.165) is 11.3 Å². The van der Waals surface area contributed by atoms with E-state index in [9.17, 15) is 4.79 Å². The standard InChI is InChI=1S/C13H18O4/c1-4-17-11-7-5-10(6-8-11)9-12(15-2)13(14)16-3/h5-8,12H,4,9H2,1-3H3/t12-/m1/s1. The molecule has 0 amide bonds. The van der Waals surface area contributed by atoms with Crippen LogP contribution in [-0.4, -0.2) is 32.9 Å². The summed E-state index contributed by atoms with van der Waals surface area (Å²) in [7, 11) is 2.85. The van der Waals surface area contributed by atoms with Crippen molar-refractivity contribution in [3.63, 3.8) is 0 Å². The maximum atomic E-state index is 11.3. The second kappa shape index (κ2) is 6.91. The summed E-state index contributed by atoms with van der Waals surface area (Å²) < 4.78 is 15.1. The van der Waals surface area contributed by atoms with E-state index in [1.165, 1.54) is 14.2 Å². The highest BCUT2D eigenvalue weighted by atomic mass is 16.6. The molecule has 0 unspecified atom stereocenters. The van der Waals surface area contributed by atoms with Crippen LogP contribution in [0.3, 0.4) is 0 Å². The largest absolute Gasteiger partial charge is 0.494 e. The van der Waals surface area contributed by atoms with Crippen molar-refractivity contribution in [2.24, 2.45) is 0 Å². The average Bonchev–Trinajstić information content (AvgIpc) is 2.37. The van der Waals surface area contributed by atoms with Crippen LogP contribution in [0.2, 0.25) is 0 Å². The van der Waals surface area contributed by atoms with Crippen molar-refractivity contribution in [2.45, 2.75) is 19.4 Å². The minimum absolute atomic E-state index is 0.360. The predicted molar refractivity (Wildman–Crippen MR) is 64.1 cm³/mol. The summed E-state index contributed by atoms with van der Waals surface area (Å²) >= 11 is 0. The molecule has 4 nitrogen and oxygen atoms in total. The lowest BCUT2D eigenvalue weighted by Crippen LogP contribution is -2.26. The van der Waals surface area contributed by atoms with Gasteiger partial charge in [0, 0.05) is 13.5 Å². The highest BCUT2D eigenvalue weighted by Crippen LogP contribution is 2.14. The lowest BCUT2D eigenvalue weighted by Gasteiger charge is -2.13. The molecule has 0 aromatic heterocycles. The van der Waals surface area contributed by atoms with Gasteiger partial charge in [0.2, 0.25) is 0 Å². The van der Waals surface area contributed by atoms with Gasteiger partial charge in [0.15, 0.2) is 6.10 Å². The van der Waals surface area contributed by atoms with Gasteiger partial charge in [0.25, 0.3) is 0 Å². The van der Waals surface area contributed by atoms with Crippen LogP contribution in [0.5, 0.6) is 5.75 Å². The van der Waals surface area contributed by atoms with Crippen LogP contribution in [0.1, 0.15) is 12.5 Å². The zero-order valence-electron chi connectivity index (χ0n) is 10.4. The quantitative estimate of drug-likeness (QED) is 0.709. The summed E-state index contributed by atoms with van der Waals surface area (Å²) in [5, 5.41) is 0. The number of rotatable bonds is 6. The van der Waals surface area contributed by atoms with E-state index in [1.807, 2.05) is 31.2 Å². The number of benzene rings is 1. The SMILES string of the molecule is CCOc1ccc(C[C@@H](OC)C(=O)OC)cc1. The van der Waals surface area contributed by atoms with Gasteiger partial charge < -0.3 is 14.2 Å². The molecule has 0 heterocycles. The molecule has 0 aliphatic heterocycles. The molecule has 1 aromatic rings. The Morgan fingerprint density at radius 2 is 1.88 bits per heavy atom. The van der Waals surface area contributed by atoms with Crippen LogP contribution in [0.25, 0.3) is 0 Å². The zero-order chi connectivity index (χ0) is 12.7. The van der Waals surface area contributed by atoms with Crippen LogP contribution >= 0.6 is 0 Å². The van der Waals surface area contributed by atoms with Crippen molar-refractivity contribution in [1.29, 1.82) is 0 Å². The van der Waals surface area contributed by atoms with Gasteiger partial charge in [0.05, 0.1) is 13.7 Å². The van der Waals surface area contributed by atoms with Crippen LogP contribution < -0.4 is 4.74 Å². The molecule has 94 valence electrons. The first-order valence-corrected chi connectivity index (χ1v) is 5.53. The predicted octanol–water partition coefficient (Wildman–Crippen LogP) is 1.82. The molecular weight excluding hydrogens is 220 g/mol. The van der Waals surface area contributed by atoms with Gasteiger partial charge in [-0.05, 0) is 24.6 Å². The topological polar surface area (TPSA) is 44.8 Å². The van der Waals surface area contributed by atoms with Gasteiger partial charge in [-0.3, -0.25) is 0 Å². The van der Waals surface area contributed by atoms with Crippen molar-refractivity contribution in [1.82, 2.24) is 0 Å². The Balaban J connectivity index is 2.64. The normalized spacial score (nSPS) is 11.9. The Kier molecular flexibility index (Phi) is 5.49. The smallest absolute Gasteiger partial charge is 0.335 e. The molecule has 0 saturated heterocycles. The number of esters is 1. The van der Waals surface area contributed by atoms with Crippen LogP contribution in [-0.2, 0) is 20.7 Å². The number of carbonyl (C=O) groups is 1. The second-order valence-electron chi connectivity index (χ2n) is 3.53. The maximum absolute atomic E-state index is 11.3. The zero-order valence-corrected chi connectivity index (χ0v) is 10.4. The van der Waals surface area contributed by atoms with Crippen molar-refractivity contribution in [3.05, 3.63) is 29.8 Å². The summed E-state index contributed by atoms with van der Waals surface area (Å²) in [6.45, 7) is 2.58. The van der Waals surface area contributed by atoms with Gasteiger partial charge in [-0.25, -0.2) is 4.79 Å². The van der Waals surface area contributed by atoms with E-state index < -0.39 is 6.10 Å². The van der Waals surface area contributed by atoms with Gasteiger partial charge in [-0.2, -0.15) is 0 Å². The number of ether oxygens (including phenoxy) is 3. The highest BCUT2D eigenvalue weighted by molar-refractivity contribution is 5.74. The van der Waals surface area contributed by atoms with Crippen LogP contribution in [0.15, 0.2) is 24.3 Å². The Hall–Kier alpha value is -1.55. The van der Waals surface area contributed by atoms with Crippen molar-refractivity contribution < 1.29 is 19.0 Å². The van der Waals surface area contributed by atoms with Gasteiger partial charge in [-0.15, -0.1) is 0 Å². The molecule has 17 heavy (non-hydrogen) atoms. The molecule has 0 radical (unpaired) electrons. The molecule has 0 saturated carbocycles. The van der Waals surface area contributed by atoms with Crippen LogP contribution in [0, 0.1) is 0 Å². The molecular formula is C13H18O4. The number of hydrogen-bond acceptors (Lipinski definition) is 4. The van der Waals surface area contributed by atoms with Crippen molar-refractivity contribution in [2.75, 3.05) is 20.8 Å². The number of carbonyl (C=O) groups excluding carboxylic acids is 1. The van der Waals surface area contributed by atoms with Gasteiger partial charge >= 0.3 is 5.97 Å². The second-order valence-corrected chi connectivity index (χ2v) is 3.53. The lowest BCUT2D eigenvalue weighted by atomic mass is 10.1. The molecule has 1 aromatic carbocycles. The molecule has 0 aliphatic rings. The molecule has 1 atom stereocenters. The molecule has 0 bridgehead atoms. The van der Waals surface area contributed by atoms with E-state index in [0.29, 0.717) is 13.0 Å². The van der Waals surface area contributed by atoms with Crippen molar-refractivity contribution >= 4 is 5.97 Å². The Morgan fingerprint density at radius 3 is 2.35 bits per heavy atom. The van der Waals surface area contributed by atoms with Gasteiger partial charge in [0.1, 0.15) is 5.75 Å². The Bertz CT molecular complexity index is 345. The van der Waals surface area contributed by atoms with E-state index in [-0.39, 0.29) is 5.97 Å². The minimum Gasteiger partial charge on any atom is -0.494 e. The molecule has 0 aliphatic carbocycles.